The highest BCUT2D eigenvalue weighted by atomic mass is 15.1. The summed E-state index contributed by atoms with van der Waals surface area (Å²) < 4.78 is 0. The van der Waals surface area contributed by atoms with Crippen LogP contribution in [-0.2, 0) is 0 Å². The Morgan fingerprint density at radius 2 is 1.83 bits per heavy atom. The fraction of sp³-hybridized carbons (Fsp3) is 0.714. The smallest absolute Gasteiger partial charge is 0.134 e. The highest BCUT2D eigenvalue weighted by Crippen LogP contribution is 2.27. The topological polar surface area (TPSA) is 49.8 Å². The SMILES string of the molecule is CNc1ncnc(NC2CCCCCC2C)c1C. The van der Waals surface area contributed by atoms with Gasteiger partial charge in [-0.2, -0.15) is 0 Å². The summed E-state index contributed by atoms with van der Waals surface area (Å²) in [6.45, 7) is 4.41. The molecule has 18 heavy (non-hydrogen) atoms. The zero-order valence-electron chi connectivity index (χ0n) is 11.7. The predicted octanol–water partition coefficient (Wildman–Crippen LogP) is 3.21. The lowest BCUT2D eigenvalue weighted by molar-refractivity contribution is 0.455. The molecule has 2 N–H and O–H groups in total. The molecule has 0 spiro atoms. The number of aromatic nitrogens is 2. The molecule has 4 heteroatoms. The first kappa shape index (κ1) is 13.1. The Bertz CT molecular complexity index is 391. The first-order valence-electron chi connectivity index (χ1n) is 6.98. The van der Waals surface area contributed by atoms with Crippen molar-refractivity contribution in [3.63, 3.8) is 0 Å². The van der Waals surface area contributed by atoms with Gasteiger partial charge in [0.2, 0.25) is 0 Å². The standard InChI is InChI=1S/C14H24N4/c1-10-7-5-4-6-8-12(10)18-14-11(2)13(15-3)16-9-17-14/h9-10,12H,4-8H2,1-3H3,(H2,15,16,17,18). The second kappa shape index (κ2) is 6.03. The third-order valence-electron chi connectivity index (χ3n) is 4.00. The van der Waals surface area contributed by atoms with Gasteiger partial charge < -0.3 is 10.6 Å². The van der Waals surface area contributed by atoms with E-state index in [4.69, 9.17) is 0 Å². The van der Waals surface area contributed by atoms with Gasteiger partial charge in [-0.25, -0.2) is 9.97 Å². The third-order valence-corrected chi connectivity index (χ3v) is 4.00. The quantitative estimate of drug-likeness (QED) is 0.806. The molecule has 1 aliphatic carbocycles. The largest absolute Gasteiger partial charge is 0.373 e. The number of anilines is 2. The molecule has 0 bridgehead atoms. The van der Waals surface area contributed by atoms with E-state index in [0.29, 0.717) is 6.04 Å². The summed E-state index contributed by atoms with van der Waals surface area (Å²) in [7, 11) is 1.90. The number of hydrogen-bond acceptors (Lipinski definition) is 4. The molecule has 0 radical (unpaired) electrons. The van der Waals surface area contributed by atoms with Crippen molar-refractivity contribution in [1.29, 1.82) is 0 Å². The van der Waals surface area contributed by atoms with E-state index in [2.05, 4.69) is 34.4 Å². The first-order valence-corrected chi connectivity index (χ1v) is 6.98. The van der Waals surface area contributed by atoms with Crippen LogP contribution in [0.5, 0.6) is 0 Å². The van der Waals surface area contributed by atoms with Gasteiger partial charge in [0.1, 0.15) is 18.0 Å². The number of hydrogen-bond donors (Lipinski definition) is 2. The van der Waals surface area contributed by atoms with Gasteiger partial charge in [-0.05, 0) is 25.7 Å². The molecule has 0 aromatic carbocycles. The molecule has 2 rings (SSSR count). The Balaban J connectivity index is 2.12. The molecule has 0 aliphatic heterocycles. The van der Waals surface area contributed by atoms with E-state index < -0.39 is 0 Å². The molecule has 2 atom stereocenters. The maximum Gasteiger partial charge on any atom is 0.134 e. The summed E-state index contributed by atoms with van der Waals surface area (Å²) in [5.74, 6) is 2.61. The lowest BCUT2D eigenvalue weighted by atomic mass is 9.97. The molecule has 0 amide bonds. The zero-order valence-corrected chi connectivity index (χ0v) is 11.7. The molecular weight excluding hydrogens is 224 g/mol. The monoisotopic (exact) mass is 248 g/mol. The van der Waals surface area contributed by atoms with Gasteiger partial charge in [0.05, 0.1) is 0 Å². The highest BCUT2D eigenvalue weighted by molar-refractivity contribution is 5.56. The van der Waals surface area contributed by atoms with E-state index in [1.807, 2.05) is 7.05 Å². The summed E-state index contributed by atoms with van der Waals surface area (Å²) in [4.78, 5) is 8.61. The Morgan fingerprint density at radius 1 is 1.11 bits per heavy atom. The molecule has 1 aliphatic rings. The van der Waals surface area contributed by atoms with Gasteiger partial charge in [0, 0.05) is 18.7 Å². The van der Waals surface area contributed by atoms with Crippen LogP contribution < -0.4 is 10.6 Å². The van der Waals surface area contributed by atoms with Crippen molar-refractivity contribution in [2.24, 2.45) is 5.92 Å². The molecule has 1 aromatic heterocycles. The lowest BCUT2D eigenvalue weighted by Crippen LogP contribution is -2.27. The van der Waals surface area contributed by atoms with E-state index in [1.165, 1.54) is 32.1 Å². The fourth-order valence-electron chi connectivity index (χ4n) is 2.73. The van der Waals surface area contributed by atoms with Crippen LogP contribution in [0.3, 0.4) is 0 Å². The number of rotatable bonds is 3. The molecule has 1 fully saturated rings. The van der Waals surface area contributed by atoms with Gasteiger partial charge in [-0.3, -0.25) is 0 Å². The van der Waals surface area contributed by atoms with Crippen LogP contribution in [0, 0.1) is 12.8 Å². The van der Waals surface area contributed by atoms with E-state index in [-0.39, 0.29) is 0 Å². The van der Waals surface area contributed by atoms with E-state index in [9.17, 15) is 0 Å². The van der Waals surface area contributed by atoms with Crippen molar-refractivity contribution >= 4 is 11.6 Å². The first-order chi connectivity index (χ1) is 8.72. The summed E-state index contributed by atoms with van der Waals surface area (Å²) in [5.41, 5.74) is 1.11. The average Bonchev–Trinajstić information content (AvgIpc) is 2.57. The summed E-state index contributed by atoms with van der Waals surface area (Å²) >= 11 is 0. The Morgan fingerprint density at radius 3 is 2.61 bits per heavy atom. The average molecular weight is 248 g/mol. The van der Waals surface area contributed by atoms with Crippen LogP contribution >= 0.6 is 0 Å². The van der Waals surface area contributed by atoms with E-state index in [0.717, 1.165) is 23.1 Å². The second-order valence-corrected chi connectivity index (χ2v) is 5.31. The van der Waals surface area contributed by atoms with E-state index >= 15 is 0 Å². The maximum atomic E-state index is 4.38. The summed E-state index contributed by atoms with van der Waals surface area (Å²) in [6, 6.07) is 0.547. The van der Waals surface area contributed by atoms with Gasteiger partial charge in [0.25, 0.3) is 0 Å². The minimum Gasteiger partial charge on any atom is -0.373 e. The summed E-state index contributed by atoms with van der Waals surface area (Å²) in [6.07, 6.45) is 8.25. The van der Waals surface area contributed by atoms with Crippen LogP contribution in [0.2, 0.25) is 0 Å². The van der Waals surface area contributed by atoms with Gasteiger partial charge in [-0.1, -0.05) is 26.2 Å². The van der Waals surface area contributed by atoms with Crippen LogP contribution in [0.15, 0.2) is 6.33 Å². The molecule has 1 saturated carbocycles. The van der Waals surface area contributed by atoms with Crippen molar-refractivity contribution in [1.82, 2.24) is 9.97 Å². The van der Waals surface area contributed by atoms with Crippen molar-refractivity contribution in [2.75, 3.05) is 17.7 Å². The van der Waals surface area contributed by atoms with Crippen molar-refractivity contribution < 1.29 is 0 Å². The van der Waals surface area contributed by atoms with Crippen LogP contribution in [0.1, 0.15) is 44.6 Å². The fourth-order valence-corrected chi connectivity index (χ4v) is 2.73. The normalized spacial score (nSPS) is 24.4. The second-order valence-electron chi connectivity index (χ2n) is 5.31. The maximum absolute atomic E-state index is 4.38. The van der Waals surface area contributed by atoms with Gasteiger partial charge in [0.15, 0.2) is 0 Å². The van der Waals surface area contributed by atoms with Crippen LogP contribution in [0.4, 0.5) is 11.6 Å². The molecule has 100 valence electrons. The van der Waals surface area contributed by atoms with Crippen molar-refractivity contribution in [3.8, 4) is 0 Å². The highest BCUT2D eigenvalue weighted by Gasteiger charge is 2.21. The van der Waals surface area contributed by atoms with Crippen molar-refractivity contribution in [2.45, 2.75) is 52.0 Å². The Hall–Kier alpha value is -1.32. The third kappa shape index (κ3) is 2.92. The minimum atomic E-state index is 0.547. The molecular formula is C14H24N4. The van der Waals surface area contributed by atoms with Crippen molar-refractivity contribution in [3.05, 3.63) is 11.9 Å². The number of nitrogens with one attached hydrogen (secondary N) is 2. The zero-order chi connectivity index (χ0) is 13.0. The molecule has 4 nitrogen and oxygen atoms in total. The Kier molecular flexibility index (Phi) is 4.39. The molecule has 2 unspecified atom stereocenters. The molecule has 0 saturated heterocycles. The van der Waals surface area contributed by atoms with Gasteiger partial charge in [-0.15, -0.1) is 0 Å². The van der Waals surface area contributed by atoms with Gasteiger partial charge >= 0.3 is 0 Å². The number of nitrogens with zero attached hydrogens (tertiary/aromatic N) is 2. The summed E-state index contributed by atoms with van der Waals surface area (Å²) in [5, 5.41) is 6.73. The van der Waals surface area contributed by atoms with E-state index in [1.54, 1.807) is 6.33 Å². The predicted molar refractivity (Wildman–Crippen MR) is 76.0 cm³/mol. The van der Waals surface area contributed by atoms with Crippen LogP contribution in [0.25, 0.3) is 0 Å². The molecule has 1 heterocycles. The van der Waals surface area contributed by atoms with Crippen LogP contribution in [-0.4, -0.2) is 23.1 Å². The Labute approximate surface area is 110 Å². The molecule has 1 aromatic rings. The lowest BCUT2D eigenvalue weighted by Gasteiger charge is -2.24. The minimum absolute atomic E-state index is 0.547.